The maximum absolute atomic E-state index is 12.9. The van der Waals surface area contributed by atoms with E-state index < -0.39 is 10.0 Å². The Morgan fingerprint density at radius 3 is 2.23 bits per heavy atom. The summed E-state index contributed by atoms with van der Waals surface area (Å²) in [6, 6.07) is 6.59. The van der Waals surface area contributed by atoms with E-state index in [1.54, 1.807) is 24.3 Å². The van der Waals surface area contributed by atoms with Gasteiger partial charge in [-0.3, -0.25) is 9.69 Å². The van der Waals surface area contributed by atoms with E-state index in [0.717, 1.165) is 12.8 Å². The maximum atomic E-state index is 12.9. The van der Waals surface area contributed by atoms with Crippen LogP contribution < -0.4 is 10.1 Å². The van der Waals surface area contributed by atoms with Gasteiger partial charge in [0.25, 0.3) is 0 Å². The molecule has 1 N–H and O–H groups in total. The molecule has 0 spiro atoms. The van der Waals surface area contributed by atoms with Crippen LogP contribution in [0, 0.1) is 0 Å². The van der Waals surface area contributed by atoms with Crippen molar-refractivity contribution in [1.82, 2.24) is 14.5 Å². The standard InChI is InChI=1S/C22H35N3O4S/c1-3-29-20-10-12-21(13-11-20)30(27,28)25-16-14-24(15-17-25)18(2)22(26)23-19-8-6-4-5-7-9-19/h10-13,18-19H,3-9,14-17H2,1-2H3,(H,23,26). The second-order valence-electron chi connectivity index (χ2n) is 8.22. The highest BCUT2D eigenvalue weighted by molar-refractivity contribution is 7.89. The molecule has 1 heterocycles. The Kier molecular flexibility index (Phi) is 8.13. The smallest absolute Gasteiger partial charge is 0.243 e. The third kappa shape index (κ3) is 5.74. The first kappa shape index (κ1) is 23.0. The van der Waals surface area contributed by atoms with Crippen molar-refractivity contribution < 1.29 is 17.9 Å². The second kappa shape index (κ2) is 10.6. The minimum absolute atomic E-state index is 0.0599. The van der Waals surface area contributed by atoms with E-state index in [4.69, 9.17) is 4.74 Å². The highest BCUT2D eigenvalue weighted by Gasteiger charge is 2.32. The van der Waals surface area contributed by atoms with Crippen molar-refractivity contribution in [2.45, 2.75) is 69.4 Å². The lowest BCUT2D eigenvalue weighted by atomic mass is 10.1. The van der Waals surface area contributed by atoms with Crippen LogP contribution in [0.1, 0.15) is 52.4 Å². The van der Waals surface area contributed by atoms with Crippen LogP contribution in [0.15, 0.2) is 29.2 Å². The predicted octanol–water partition coefficient (Wildman–Crippen LogP) is 2.62. The molecule has 168 valence electrons. The van der Waals surface area contributed by atoms with E-state index in [1.165, 1.54) is 30.0 Å². The first-order valence-corrected chi connectivity index (χ1v) is 12.6. The minimum Gasteiger partial charge on any atom is -0.494 e. The van der Waals surface area contributed by atoms with Crippen molar-refractivity contribution in [3.8, 4) is 5.75 Å². The fourth-order valence-corrected chi connectivity index (χ4v) is 5.69. The molecule has 0 aromatic heterocycles. The van der Waals surface area contributed by atoms with Crippen LogP contribution in [-0.2, 0) is 14.8 Å². The molecule has 1 aromatic rings. The van der Waals surface area contributed by atoms with Crippen LogP contribution in [0.2, 0.25) is 0 Å². The quantitative estimate of drug-likeness (QED) is 0.664. The molecule has 1 aliphatic heterocycles. The lowest BCUT2D eigenvalue weighted by molar-refractivity contribution is -0.127. The van der Waals surface area contributed by atoms with Gasteiger partial charge in [0.15, 0.2) is 0 Å². The normalized spacial score (nSPS) is 21.0. The molecule has 1 atom stereocenters. The third-order valence-electron chi connectivity index (χ3n) is 6.17. The topological polar surface area (TPSA) is 79.0 Å². The molecule has 1 saturated heterocycles. The Balaban J connectivity index is 1.53. The zero-order valence-electron chi connectivity index (χ0n) is 18.2. The Morgan fingerprint density at radius 2 is 1.67 bits per heavy atom. The number of benzene rings is 1. The zero-order chi connectivity index (χ0) is 21.6. The molecular formula is C22H35N3O4S. The molecule has 1 saturated carbocycles. The van der Waals surface area contributed by atoms with Crippen LogP contribution in [0.3, 0.4) is 0 Å². The van der Waals surface area contributed by atoms with Crippen molar-refractivity contribution in [2.75, 3.05) is 32.8 Å². The van der Waals surface area contributed by atoms with Crippen LogP contribution >= 0.6 is 0 Å². The van der Waals surface area contributed by atoms with E-state index in [-0.39, 0.29) is 22.9 Å². The number of carbonyl (C=O) groups is 1. The number of hydrogen-bond donors (Lipinski definition) is 1. The monoisotopic (exact) mass is 437 g/mol. The highest BCUT2D eigenvalue weighted by Crippen LogP contribution is 2.22. The number of ether oxygens (including phenoxy) is 1. The summed E-state index contributed by atoms with van der Waals surface area (Å²) in [5.41, 5.74) is 0. The Morgan fingerprint density at radius 1 is 1.07 bits per heavy atom. The van der Waals surface area contributed by atoms with Gasteiger partial charge < -0.3 is 10.1 Å². The molecule has 1 aromatic carbocycles. The van der Waals surface area contributed by atoms with Crippen LogP contribution in [0.4, 0.5) is 0 Å². The molecule has 30 heavy (non-hydrogen) atoms. The van der Waals surface area contributed by atoms with Crippen LogP contribution in [0.25, 0.3) is 0 Å². The summed E-state index contributed by atoms with van der Waals surface area (Å²) in [5.74, 6) is 0.722. The zero-order valence-corrected chi connectivity index (χ0v) is 19.0. The Hall–Kier alpha value is -1.64. The van der Waals surface area contributed by atoms with E-state index >= 15 is 0 Å². The average molecular weight is 438 g/mol. The van der Waals surface area contributed by atoms with Crippen molar-refractivity contribution in [1.29, 1.82) is 0 Å². The van der Waals surface area contributed by atoms with Crippen molar-refractivity contribution >= 4 is 15.9 Å². The van der Waals surface area contributed by atoms with Gasteiger partial charge in [-0.05, 0) is 51.0 Å². The SMILES string of the molecule is CCOc1ccc(S(=O)(=O)N2CCN(C(C)C(=O)NC3CCCCCC3)CC2)cc1. The number of carbonyl (C=O) groups excluding carboxylic acids is 1. The Labute approximate surface area is 180 Å². The summed E-state index contributed by atoms with van der Waals surface area (Å²) in [6.45, 7) is 6.23. The van der Waals surface area contributed by atoms with Crippen molar-refractivity contribution in [3.05, 3.63) is 24.3 Å². The maximum Gasteiger partial charge on any atom is 0.243 e. The van der Waals surface area contributed by atoms with E-state index in [2.05, 4.69) is 10.2 Å². The molecule has 2 aliphatic rings. The van der Waals surface area contributed by atoms with E-state index in [1.807, 2.05) is 13.8 Å². The number of sulfonamides is 1. The fraction of sp³-hybridized carbons (Fsp3) is 0.682. The first-order valence-electron chi connectivity index (χ1n) is 11.2. The number of hydrogen-bond acceptors (Lipinski definition) is 5. The van der Waals surface area contributed by atoms with Gasteiger partial charge in [0.05, 0.1) is 17.5 Å². The van der Waals surface area contributed by atoms with E-state index in [9.17, 15) is 13.2 Å². The van der Waals surface area contributed by atoms with Gasteiger partial charge in [0, 0.05) is 32.2 Å². The molecule has 7 nitrogen and oxygen atoms in total. The number of amides is 1. The van der Waals surface area contributed by atoms with Gasteiger partial charge in [-0.1, -0.05) is 25.7 Å². The van der Waals surface area contributed by atoms with Gasteiger partial charge in [-0.2, -0.15) is 4.31 Å². The number of nitrogens with zero attached hydrogens (tertiary/aromatic N) is 2. The molecule has 1 aliphatic carbocycles. The lowest BCUT2D eigenvalue weighted by Gasteiger charge is -2.37. The predicted molar refractivity (Wildman–Crippen MR) is 117 cm³/mol. The van der Waals surface area contributed by atoms with E-state index in [0.29, 0.717) is 38.5 Å². The van der Waals surface area contributed by atoms with Gasteiger partial charge in [-0.15, -0.1) is 0 Å². The van der Waals surface area contributed by atoms with Crippen molar-refractivity contribution in [3.63, 3.8) is 0 Å². The van der Waals surface area contributed by atoms with Crippen LogP contribution in [0.5, 0.6) is 5.75 Å². The molecule has 1 amide bonds. The molecule has 0 bridgehead atoms. The number of rotatable bonds is 7. The highest BCUT2D eigenvalue weighted by atomic mass is 32.2. The fourth-order valence-electron chi connectivity index (χ4n) is 4.27. The van der Waals surface area contributed by atoms with Gasteiger partial charge in [0.2, 0.25) is 15.9 Å². The molecule has 1 unspecified atom stereocenters. The molecule has 0 radical (unpaired) electrons. The average Bonchev–Trinajstić information content (AvgIpc) is 3.02. The summed E-state index contributed by atoms with van der Waals surface area (Å²) in [7, 11) is -3.54. The summed E-state index contributed by atoms with van der Waals surface area (Å²) >= 11 is 0. The summed E-state index contributed by atoms with van der Waals surface area (Å²) < 4.78 is 32.8. The minimum atomic E-state index is -3.54. The summed E-state index contributed by atoms with van der Waals surface area (Å²) in [5, 5.41) is 3.21. The summed E-state index contributed by atoms with van der Waals surface area (Å²) in [6.07, 6.45) is 7.00. The van der Waals surface area contributed by atoms with Gasteiger partial charge in [0.1, 0.15) is 5.75 Å². The molecule has 2 fully saturated rings. The van der Waals surface area contributed by atoms with Gasteiger partial charge >= 0.3 is 0 Å². The second-order valence-corrected chi connectivity index (χ2v) is 10.2. The number of nitrogens with one attached hydrogen (secondary N) is 1. The van der Waals surface area contributed by atoms with Crippen LogP contribution in [-0.4, -0.2) is 68.4 Å². The molecular weight excluding hydrogens is 402 g/mol. The largest absolute Gasteiger partial charge is 0.494 e. The summed E-state index contributed by atoms with van der Waals surface area (Å²) in [4.78, 5) is 15.1. The molecule has 3 rings (SSSR count). The number of piperazine rings is 1. The Bertz CT molecular complexity index is 781. The lowest BCUT2D eigenvalue weighted by Crippen LogP contribution is -2.55. The molecule has 8 heteroatoms. The first-order chi connectivity index (χ1) is 14.4. The third-order valence-corrected chi connectivity index (χ3v) is 8.09. The van der Waals surface area contributed by atoms with Crippen molar-refractivity contribution in [2.24, 2.45) is 0 Å². The van der Waals surface area contributed by atoms with Gasteiger partial charge in [-0.25, -0.2) is 8.42 Å².